The minimum Gasteiger partial charge on any atom is -0.492 e. The molecule has 0 bridgehead atoms. The van der Waals surface area contributed by atoms with Crippen molar-refractivity contribution in [3.63, 3.8) is 0 Å². The quantitative estimate of drug-likeness (QED) is 0.239. The number of carboxylic acid groups (broad SMARTS) is 1. The molecule has 3 heterocycles. The third-order valence-corrected chi connectivity index (χ3v) is 7.36. The summed E-state index contributed by atoms with van der Waals surface area (Å²) in [7, 11) is 0. The zero-order valence-corrected chi connectivity index (χ0v) is 23.6. The lowest BCUT2D eigenvalue weighted by Gasteiger charge is -2.25. The average molecular weight is 580 g/mol. The molecule has 5 rings (SSSR count). The number of anilines is 2. The predicted molar refractivity (Wildman–Crippen MR) is 154 cm³/mol. The van der Waals surface area contributed by atoms with E-state index in [1.807, 2.05) is 23.1 Å². The van der Waals surface area contributed by atoms with E-state index in [1.54, 1.807) is 18.2 Å². The lowest BCUT2D eigenvalue weighted by Crippen LogP contribution is -2.38. The summed E-state index contributed by atoms with van der Waals surface area (Å²) < 4.78 is 47.0. The van der Waals surface area contributed by atoms with E-state index in [9.17, 15) is 23.1 Å². The molecule has 8 nitrogen and oxygen atoms in total. The molecule has 2 aromatic heterocycles. The van der Waals surface area contributed by atoms with Crippen molar-refractivity contribution < 1.29 is 27.8 Å². The van der Waals surface area contributed by atoms with Crippen LogP contribution in [-0.2, 0) is 16.4 Å². The maximum Gasteiger partial charge on any atom is 0.418 e. The van der Waals surface area contributed by atoms with Crippen LogP contribution < -0.4 is 10.1 Å². The molecule has 0 aliphatic carbocycles. The number of alkyl halides is 3. The molecule has 11 heteroatoms. The number of benzene rings is 2. The second kappa shape index (κ2) is 11.6. The van der Waals surface area contributed by atoms with Gasteiger partial charge in [-0.3, -0.25) is 14.7 Å². The largest absolute Gasteiger partial charge is 0.492 e. The van der Waals surface area contributed by atoms with Gasteiger partial charge in [-0.25, -0.2) is 9.97 Å². The third-order valence-electron chi connectivity index (χ3n) is 7.36. The van der Waals surface area contributed by atoms with Gasteiger partial charge in [-0.15, -0.1) is 0 Å². The number of rotatable bonds is 8. The molecule has 4 aromatic rings. The van der Waals surface area contributed by atoms with E-state index in [0.717, 1.165) is 24.6 Å². The van der Waals surface area contributed by atoms with Gasteiger partial charge in [-0.05, 0) is 60.7 Å². The van der Waals surface area contributed by atoms with Crippen molar-refractivity contribution >= 4 is 28.4 Å². The molecule has 42 heavy (non-hydrogen) atoms. The lowest BCUT2D eigenvalue weighted by atomic mass is 9.86. The van der Waals surface area contributed by atoms with Crippen LogP contribution in [0.3, 0.4) is 0 Å². The minimum absolute atomic E-state index is 0.164. The number of pyridine rings is 1. The summed E-state index contributed by atoms with van der Waals surface area (Å²) in [5.41, 5.74) is 1.28. The molecule has 1 fully saturated rings. The summed E-state index contributed by atoms with van der Waals surface area (Å²) in [5.74, 6) is 0.354. The molecule has 1 saturated heterocycles. The first-order chi connectivity index (χ1) is 19.9. The number of aromatic nitrogens is 3. The number of likely N-dealkylation sites (tertiary alicyclic amines) is 1. The average Bonchev–Trinajstić information content (AvgIpc) is 3.41. The van der Waals surface area contributed by atoms with Crippen molar-refractivity contribution in [2.75, 3.05) is 25.0 Å². The number of fused-ring (bicyclic) bond motifs is 1. The Bertz CT molecular complexity index is 1600. The maximum atomic E-state index is 13.6. The number of hydrogen-bond acceptors (Lipinski definition) is 7. The highest BCUT2D eigenvalue weighted by Crippen LogP contribution is 2.38. The molecule has 1 aliphatic rings. The molecule has 1 aliphatic heterocycles. The van der Waals surface area contributed by atoms with E-state index in [4.69, 9.17) is 4.74 Å². The van der Waals surface area contributed by atoms with E-state index in [2.05, 4.69) is 41.0 Å². The van der Waals surface area contributed by atoms with Crippen LogP contribution in [0.4, 0.5) is 24.7 Å². The van der Waals surface area contributed by atoms with E-state index in [0.29, 0.717) is 53.3 Å². The van der Waals surface area contributed by atoms with E-state index in [-0.39, 0.29) is 11.1 Å². The van der Waals surface area contributed by atoms with Gasteiger partial charge in [0, 0.05) is 35.4 Å². The van der Waals surface area contributed by atoms with Crippen LogP contribution in [-0.4, -0.2) is 56.7 Å². The second-order valence-corrected chi connectivity index (χ2v) is 11.3. The zero-order chi connectivity index (χ0) is 30.1. The Hall–Kier alpha value is -4.25. The van der Waals surface area contributed by atoms with Crippen molar-refractivity contribution in [3.05, 3.63) is 72.2 Å². The summed E-state index contributed by atoms with van der Waals surface area (Å²) in [4.78, 5) is 26.1. The van der Waals surface area contributed by atoms with Crippen LogP contribution in [0.1, 0.15) is 44.7 Å². The van der Waals surface area contributed by atoms with Crippen LogP contribution in [0.15, 0.2) is 61.1 Å². The standard InChI is InChI=1S/C31H32F3N5O3/c1-30(2,3)22-11-9-20(17-26(22)42-15-14-39-13-5-7-25(39)29(40)41)38-28-21-10-8-19(16-24(21)36-18-37-28)27-23(31(32,33)34)6-4-12-35-27/h4,6,8-12,16-18,25H,5,7,13-15H2,1-3H3,(H,40,41)(H,36,37,38)/t25-/m0/s1. The Morgan fingerprint density at radius 2 is 1.88 bits per heavy atom. The number of nitrogens with zero attached hydrogens (tertiary/aromatic N) is 4. The number of ether oxygens (including phenoxy) is 1. The Labute approximate surface area is 241 Å². The third kappa shape index (κ3) is 6.30. The van der Waals surface area contributed by atoms with Gasteiger partial charge in [0.2, 0.25) is 0 Å². The molecular formula is C31H32F3N5O3. The first-order valence-electron chi connectivity index (χ1n) is 13.7. The number of nitrogens with one attached hydrogen (secondary N) is 1. The number of halogens is 3. The van der Waals surface area contributed by atoms with Gasteiger partial charge < -0.3 is 15.2 Å². The van der Waals surface area contributed by atoms with Gasteiger partial charge in [0.1, 0.15) is 30.5 Å². The smallest absolute Gasteiger partial charge is 0.418 e. The number of aliphatic carboxylic acids is 1. The molecule has 0 amide bonds. The molecule has 0 unspecified atom stereocenters. The molecule has 1 atom stereocenters. The molecule has 220 valence electrons. The minimum atomic E-state index is -4.54. The fraction of sp³-hybridized carbons (Fsp3) is 0.355. The SMILES string of the molecule is CC(C)(C)c1ccc(Nc2ncnc3cc(-c4ncccc4C(F)(F)F)ccc23)cc1OCCN1CCC[C@H]1C(=O)O. The van der Waals surface area contributed by atoms with Crippen molar-refractivity contribution in [1.82, 2.24) is 19.9 Å². The Morgan fingerprint density at radius 1 is 1.07 bits per heavy atom. The first-order valence-corrected chi connectivity index (χ1v) is 13.7. The van der Waals surface area contributed by atoms with Crippen molar-refractivity contribution in [2.45, 2.75) is 51.2 Å². The van der Waals surface area contributed by atoms with Crippen molar-refractivity contribution in [1.29, 1.82) is 0 Å². The monoisotopic (exact) mass is 579 g/mol. The highest BCUT2D eigenvalue weighted by atomic mass is 19.4. The lowest BCUT2D eigenvalue weighted by molar-refractivity contribution is -0.142. The number of carbonyl (C=O) groups is 1. The van der Waals surface area contributed by atoms with Gasteiger partial charge in [-0.1, -0.05) is 32.9 Å². The van der Waals surface area contributed by atoms with Gasteiger partial charge >= 0.3 is 12.1 Å². The number of carboxylic acids is 1. The van der Waals surface area contributed by atoms with Crippen LogP contribution in [0.25, 0.3) is 22.2 Å². The van der Waals surface area contributed by atoms with Crippen molar-refractivity contribution in [3.8, 4) is 17.0 Å². The Balaban J connectivity index is 1.40. The maximum absolute atomic E-state index is 13.6. The topological polar surface area (TPSA) is 100 Å². The van der Waals surface area contributed by atoms with Gasteiger partial charge in [0.05, 0.1) is 16.8 Å². The van der Waals surface area contributed by atoms with Crippen LogP contribution in [0.5, 0.6) is 5.75 Å². The molecular weight excluding hydrogens is 547 g/mol. The van der Waals surface area contributed by atoms with E-state index < -0.39 is 23.8 Å². The molecule has 2 aromatic carbocycles. The molecule has 0 spiro atoms. The van der Waals surface area contributed by atoms with Crippen molar-refractivity contribution in [2.24, 2.45) is 0 Å². The molecule has 2 N–H and O–H groups in total. The summed E-state index contributed by atoms with van der Waals surface area (Å²) in [5, 5.41) is 13.4. The summed E-state index contributed by atoms with van der Waals surface area (Å²) >= 11 is 0. The van der Waals surface area contributed by atoms with Gasteiger partial charge in [0.25, 0.3) is 0 Å². The fourth-order valence-electron chi connectivity index (χ4n) is 5.29. The molecule has 0 radical (unpaired) electrons. The summed E-state index contributed by atoms with van der Waals surface area (Å²) in [6.45, 7) is 7.83. The normalized spacial score (nSPS) is 16.1. The predicted octanol–water partition coefficient (Wildman–Crippen LogP) is 6.68. The molecule has 0 saturated carbocycles. The van der Waals surface area contributed by atoms with Gasteiger partial charge in [0.15, 0.2) is 0 Å². The highest BCUT2D eigenvalue weighted by molar-refractivity contribution is 5.93. The first kappa shape index (κ1) is 29.2. The Morgan fingerprint density at radius 3 is 2.62 bits per heavy atom. The van der Waals surface area contributed by atoms with Gasteiger partial charge in [-0.2, -0.15) is 13.2 Å². The number of hydrogen-bond donors (Lipinski definition) is 2. The summed E-state index contributed by atoms with van der Waals surface area (Å²) in [6.07, 6.45) is -0.362. The fourth-order valence-corrected chi connectivity index (χ4v) is 5.29. The van der Waals surface area contributed by atoms with Crippen LogP contribution >= 0.6 is 0 Å². The second-order valence-electron chi connectivity index (χ2n) is 11.3. The zero-order valence-electron chi connectivity index (χ0n) is 23.6. The Kier molecular flexibility index (Phi) is 8.05. The van der Waals surface area contributed by atoms with Crippen LogP contribution in [0.2, 0.25) is 0 Å². The van der Waals surface area contributed by atoms with E-state index >= 15 is 0 Å². The van der Waals surface area contributed by atoms with E-state index in [1.165, 1.54) is 18.6 Å². The highest BCUT2D eigenvalue weighted by Gasteiger charge is 2.34. The summed E-state index contributed by atoms with van der Waals surface area (Å²) in [6, 6.07) is 12.4. The van der Waals surface area contributed by atoms with Crippen LogP contribution in [0, 0.1) is 0 Å².